The Balaban J connectivity index is 1.31. The van der Waals surface area contributed by atoms with Crippen molar-refractivity contribution in [2.45, 2.75) is 26.0 Å². The molecule has 6 rings (SSSR count). The lowest BCUT2D eigenvalue weighted by Gasteiger charge is -2.26. The normalized spacial score (nSPS) is 14.3. The molecule has 206 valence electrons. The van der Waals surface area contributed by atoms with E-state index in [9.17, 15) is 4.79 Å². The first-order valence-corrected chi connectivity index (χ1v) is 13.9. The van der Waals surface area contributed by atoms with E-state index in [1.54, 1.807) is 7.11 Å². The molecule has 0 saturated carbocycles. The first-order chi connectivity index (χ1) is 20.0. The second-order valence-corrected chi connectivity index (χ2v) is 10.6. The van der Waals surface area contributed by atoms with Crippen molar-refractivity contribution in [3.63, 3.8) is 0 Å². The average molecular weight is 564 g/mol. The van der Waals surface area contributed by atoms with Gasteiger partial charge in [0.2, 0.25) is 0 Å². The zero-order chi connectivity index (χ0) is 28.3. The van der Waals surface area contributed by atoms with E-state index in [1.165, 1.54) is 5.56 Å². The summed E-state index contributed by atoms with van der Waals surface area (Å²) in [5, 5.41) is 8.33. The summed E-state index contributed by atoms with van der Waals surface area (Å²) < 4.78 is 11.3. The van der Waals surface area contributed by atoms with Crippen molar-refractivity contribution in [3.05, 3.63) is 136 Å². The van der Waals surface area contributed by atoms with Gasteiger partial charge in [0.1, 0.15) is 23.8 Å². The second-order valence-electron chi connectivity index (χ2n) is 10.2. The van der Waals surface area contributed by atoms with Crippen LogP contribution in [0.2, 0.25) is 5.02 Å². The van der Waals surface area contributed by atoms with Crippen LogP contribution in [0.4, 0.5) is 0 Å². The molecule has 41 heavy (non-hydrogen) atoms. The summed E-state index contributed by atoms with van der Waals surface area (Å²) in [5.41, 5.74) is 7.43. The molecule has 0 radical (unpaired) electrons. The maximum Gasteiger partial charge on any atom is 0.273 e. The van der Waals surface area contributed by atoms with E-state index < -0.39 is 0 Å². The van der Waals surface area contributed by atoms with E-state index in [4.69, 9.17) is 21.1 Å². The minimum absolute atomic E-state index is 0.0524. The number of benzene rings is 4. The highest BCUT2D eigenvalue weighted by Gasteiger charge is 2.41. The number of aryl methyl sites for hydroxylation is 1. The first-order valence-electron chi connectivity index (χ1n) is 13.6. The molecular formula is C34H30ClN3O3. The van der Waals surface area contributed by atoms with Crippen LogP contribution in [-0.2, 0) is 13.0 Å². The van der Waals surface area contributed by atoms with Gasteiger partial charge >= 0.3 is 0 Å². The Labute approximate surface area is 244 Å². The number of fused-ring (bicyclic) bond motifs is 1. The number of nitrogens with zero attached hydrogens (tertiary/aromatic N) is 2. The molecule has 1 unspecified atom stereocenters. The molecule has 0 fully saturated rings. The maximum absolute atomic E-state index is 13.8. The van der Waals surface area contributed by atoms with Crippen LogP contribution in [0.3, 0.4) is 0 Å². The summed E-state index contributed by atoms with van der Waals surface area (Å²) in [7, 11) is 1.66. The molecule has 5 aromatic rings. The second kappa shape index (κ2) is 11.5. The Bertz CT molecular complexity index is 1660. The fourth-order valence-electron chi connectivity index (χ4n) is 5.27. The van der Waals surface area contributed by atoms with Gasteiger partial charge in [0.15, 0.2) is 0 Å². The molecule has 0 aliphatic carbocycles. The average Bonchev–Trinajstić information content (AvgIpc) is 3.55. The van der Waals surface area contributed by atoms with Gasteiger partial charge in [0.25, 0.3) is 5.91 Å². The van der Waals surface area contributed by atoms with Crippen molar-refractivity contribution in [1.29, 1.82) is 0 Å². The molecule has 1 aromatic heterocycles. The molecule has 1 aliphatic heterocycles. The van der Waals surface area contributed by atoms with Gasteiger partial charge in [-0.15, -0.1) is 0 Å². The molecule has 7 heteroatoms. The number of hydrogen-bond acceptors (Lipinski definition) is 4. The SMILES string of the molecule is COc1ccc(CCN2C(=O)c3[nH]nc(-c4ccc(C)cc4)c3C2c2ccc(OCc3ccccc3Cl)cc2)cc1. The van der Waals surface area contributed by atoms with Crippen molar-refractivity contribution < 1.29 is 14.3 Å². The molecule has 2 heterocycles. The van der Waals surface area contributed by atoms with Crippen LogP contribution < -0.4 is 9.47 Å². The Hall–Kier alpha value is -4.55. The lowest BCUT2D eigenvalue weighted by Crippen LogP contribution is -2.31. The number of carbonyl (C=O) groups excluding carboxylic acids is 1. The van der Waals surface area contributed by atoms with Gasteiger partial charge in [-0.1, -0.05) is 83.9 Å². The third-order valence-corrected chi connectivity index (χ3v) is 7.91. The third-order valence-electron chi connectivity index (χ3n) is 7.54. The minimum Gasteiger partial charge on any atom is -0.497 e. The molecule has 6 nitrogen and oxygen atoms in total. The number of aromatic nitrogens is 2. The van der Waals surface area contributed by atoms with Crippen LogP contribution in [-0.4, -0.2) is 34.7 Å². The quantitative estimate of drug-likeness (QED) is 0.203. The number of halogens is 1. The van der Waals surface area contributed by atoms with E-state index in [2.05, 4.69) is 41.4 Å². The first kappa shape index (κ1) is 26.7. The lowest BCUT2D eigenvalue weighted by molar-refractivity contribution is 0.0746. The van der Waals surface area contributed by atoms with Gasteiger partial charge in [-0.3, -0.25) is 9.89 Å². The fourth-order valence-corrected chi connectivity index (χ4v) is 5.46. The van der Waals surface area contributed by atoms with Gasteiger partial charge in [-0.25, -0.2) is 0 Å². The zero-order valence-corrected chi connectivity index (χ0v) is 23.7. The molecule has 1 aliphatic rings. The molecule has 4 aromatic carbocycles. The molecule has 0 bridgehead atoms. The van der Waals surface area contributed by atoms with E-state index in [0.29, 0.717) is 30.3 Å². The maximum atomic E-state index is 13.8. The van der Waals surface area contributed by atoms with Crippen LogP contribution in [0.5, 0.6) is 11.5 Å². The van der Waals surface area contributed by atoms with Crippen LogP contribution >= 0.6 is 11.6 Å². The fraction of sp³-hybridized carbons (Fsp3) is 0.176. The summed E-state index contributed by atoms with van der Waals surface area (Å²) in [6.45, 7) is 2.98. The number of carbonyl (C=O) groups is 1. The Kier molecular flexibility index (Phi) is 7.49. The predicted molar refractivity (Wildman–Crippen MR) is 161 cm³/mol. The molecule has 1 atom stereocenters. The van der Waals surface area contributed by atoms with E-state index in [1.807, 2.05) is 77.7 Å². The largest absolute Gasteiger partial charge is 0.497 e. The lowest BCUT2D eigenvalue weighted by atomic mass is 9.95. The zero-order valence-electron chi connectivity index (χ0n) is 22.9. The van der Waals surface area contributed by atoms with Crippen molar-refractivity contribution in [2.24, 2.45) is 0 Å². The number of aromatic amines is 1. The molecule has 1 amide bonds. The van der Waals surface area contributed by atoms with Crippen LogP contribution in [0.1, 0.15) is 44.3 Å². The topological polar surface area (TPSA) is 67.5 Å². The van der Waals surface area contributed by atoms with Crippen molar-refractivity contribution in [3.8, 4) is 22.8 Å². The molecule has 0 spiro atoms. The number of hydrogen-bond donors (Lipinski definition) is 1. The number of H-pyrrole nitrogens is 1. The summed E-state index contributed by atoms with van der Waals surface area (Å²) in [5.74, 6) is 1.49. The number of methoxy groups -OCH3 is 1. The number of amides is 1. The van der Waals surface area contributed by atoms with Crippen molar-refractivity contribution in [2.75, 3.05) is 13.7 Å². The van der Waals surface area contributed by atoms with Gasteiger partial charge in [-0.05, 0) is 54.8 Å². The van der Waals surface area contributed by atoms with E-state index in [-0.39, 0.29) is 11.9 Å². The van der Waals surface area contributed by atoms with Crippen LogP contribution in [0, 0.1) is 6.92 Å². The van der Waals surface area contributed by atoms with Gasteiger partial charge in [-0.2, -0.15) is 5.10 Å². The minimum atomic E-state index is -0.289. The summed E-state index contributed by atoms with van der Waals surface area (Å²) in [4.78, 5) is 15.7. The van der Waals surface area contributed by atoms with Gasteiger partial charge < -0.3 is 14.4 Å². The highest BCUT2D eigenvalue weighted by Crippen LogP contribution is 2.43. The molecular weight excluding hydrogens is 534 g/mol. The summed E-state index contributed by atoms with van der Waals surface area (Å²) in [6, 6.07) is 31.5. The van der Waals surface area contributed by atoms with Crippen molar-refractivity contribution >= 4 is 17.5 Å². The molecule has 0 saturated heterocycles. The number of rotatable bonds is 9. The van der Waals surface area contributed by atoms with Gasteiger partial charge in [0.05, 0.1) is 18.8 Å². The van der Waals surface area contributed by atoms with Crippen molar-refractivity contribution in [1.82, 2.24) is 15.1 Å². The Morgan fingerprint density at radius 1 is 0.902 bits per heavy atom. The predicted octanol–water partition coefficient (Wildman–Crippen LogP) is 7.41. The highest BCUT2D eigenvalue weighted by atomic mass is 35.5. The van der Waals surface area contributed by atoms with Gasteiger partial charge in [0, 0.05) is 28.3 Å². The Morgan fingerprint density at radius 3 is 2.32 bits per heavy atom. The third kappa shape index (κ3) is 5.43. The standard InChI is InChI=1S/C34H30ClN3O3/c1-22-7-11-24(12-8-22)31-30-32(37-36-31)34(39)38(20-19-23-9-15-27(40-2)16-10-23)33(30)25-13-17-28(18-14-25)41-21-26-5-3-4-6-29(26)35/h3-18,33H,19-21H2,1-2H3,(H,36,37). The van der Waals surface area contributed by atoms with Crippen LogP contribution in [0.15, 0.2) is 97.1 Å². The number of ether oxygens (including phenoxy) is 2. The highest BCUT2D eigenvalue weighted by molar-refractivity contribution is 6.31. The summed E-state index contributed by atoms with van der Waals surface area (Å²) >= 11 is 6.30. The van der Waals surface area contributed by atoms with Crippen LogP contribution in [0.25, 0.3) is 11.3 Å². The Morgan fingerprint density at radius 2 is 1.61 bits per heavy atom. The summed E-state index contributed by atoms with van der Waals surface area (Å²) in [6.07, 6.45) is 0.711. The smallest absolute Gasteiger partial charge is 0.273 e. The number of nitrogens with one attached hydrogen (secondary N) is 1. The molecule has 1 N–H and O–H groups in total. The van der Waals surface area contributed by atoms with E-state index >= 15 is 0 Å². The monoisotopic (exact) mass is 563 g/mol. The van der Waals surface area contributed by atoms with E-state index in [0.717, 1.165) is 45.0 Å².